The van der Waals surface area contributed by atoms with E-state index in [2.05, 4.69) is 11.2 Å². The molecule has 0 aromatic carbocycles. The molecule has 0 radical (unpaired) electrons. The summed E-state index contributed by atoms with van der Waals surface area (Å²) in [7, 11) is 1.79. The molecule has 1 aliphatic rings. The summed E-state index contributed by atoms with van der Waals surface area (Å²) in [5.41, 5.74) is 1.82. The molecule has 19 heavy (non-hydrogen) atoms. The molecule has 0 bridgehead atoms. The zero-order valence-electron chi connectivity index (χ0n) is 11.7. The van der Waals surface area contributed by atoms with Crippen LogP contribution in [0.2, 0.25) is 0 Å². The lowest BCUT2D eigenvalue weighted by atomic mass is 10.1. The summed E-state index contributed by atoms with van der Waals surface area (Å²) in [4.78, 5) is 13.7. The molecule has 0 spiro atoms. The van der Waals surface area contributed by atoms with Gasteiger partial charge in [0, 0.05) is 19.2 Å². The van der Waals surface area contributed by atoms with E-state index in [1.165, 1.54) is 0 Å². The Labute approximate surface area is 112 Å². The average Bonchev–Trinajstić information content (AvgIpc) is 2.63. The SMILES string of the molecule is Cn1nc(C#N)c2c1CN(C(=O)OC(C)(C)C)CC2. The molecule has 1 aromatic rings. The molecule has 2 heterocycles. The van der Waals surface area contributed by atoms with Gasteiger partial charge in [0.25, 0.3) is 0 Å². The van der Waals surface area contributed by atoms with Crippen molar-refractivity contribution in [3.05, 3.63) is 17.0 Å². The molecule has 6 heteroatoms. The molecule has 1 aromatic heterocycles. The fraction of sp³-hybridized carbons (Fsp3) is 0.615. The summed E-state index contributed by atoms with van der Waals surface area (Å²) >= 11 is 0. The van der Waals surface area contributed by atoms with Crippen molar-refractivity contribution < 1.29 is 9.53 Å². The molecule has 0 atom stereocenters. The minimum Gasteiger partial charge on any atom is -0.444 e. The average molecular weight is 262 g/mol. The van der Waals surface area contributed by atoms with Crippen molar-refractivity contribution in [1.82, 2.24) is 14.7 Å². The summed E-state index contributed by atoms with van der Waals surface area (Å²) in [6, 6.07) is 2.09. The van der Waals surface area contributed by atoms with E-state index in [0.29, 0.717) is 25.2 Å². The lowest BCUT2D eigenvalue weighted by Crippen LogP contribution is -2.40. The molecule has 1 amide bonds. The van der Waals surface area contributed by atoms with E-state index in [-0.39, 0.29) is 6.09 Å². The molecule has 1 aliphatic heterocycles. The Kier molecular flexibility index (Phi) is 3.23. The first kappa shape index (κ1) is 13.4. The number of ether oxygens (including phenoxy) is 1. The second kappa shape index (κ2) is 4.57. The Balaban J connectivity index is 2.17. The largest absolute Gasteiger partial charge is 0.444 e. The Morgan fingerprint density at radius 2 is 2.16 bits per heavy atom. The molecule has 0 saturated heterocycles. The van der Waals surface area contributed by atoms with Gasteiger partial charge in [-0.1, -0.05) is 0 Å². The van der Waals surface area contributed by atoms with Gasteiger partial charge in [0.2, 0.25) is 0 Å². The molecule has 0 aliphatic carbocycles. The van der Waals surface area contributed by atoms with E-state index < -0.39 is 5.60 Å². The zero-order valence-corrected chi connectivity index (χ0v) is 11.7. The highest BCUT2D eigenvalue weighted by Crippen LogP contribution is 2.23. The van der Waals surface area contributed by atoms with E-state index in [9.17, 15) is 4.79 Å². The molecule has 0 N–H and O–H groups in total. The number of rotatable bonds is 0. The Morgan fingerprint density at radius 3 is 2.74 bits per heavy atom. The van der Waals surface area contributed by atoms with Crippen LogP contribution in [0.15, 0.2) is 0 Å². The van der Waals surface area contributed by atoms with Gasteiger partial charge in [-0.3, -0.25) is 4.68 Å². The normalized spacial score (nSPS) is 14.8. The van der Waals surface area contributed by atoms with Crippen LogP contribution in [-0.4, -0.2) is 32.9 Å². The van der Waals surface area contributed by atoms with Crippen molar-refractivity contribution in [2.24, 2.45) is 7.05 Å². The number of carbonyl (C=O) groups excluding carboxylic acids is 1. The number of aryl methyl sites for hydroxylation is 1. The van der Waals surface area contributed by atoms with Gasteiger partial charge < -0.3 is 9.64 Å². The van der Waals surface area contributed by atoms with Crippen molar-refractivity contribution >= 4 is 6.09 Å². The Bertz CT molecular complexity index is 548. The number of nitriles is 1. The third-order valence-corrected chi connectivity index (χ3v) is 3.00. The standard InChI is InChI=1S/C13H18N4O2/c1-13(2,3)19-12(18)17-6-5-9-10(7-14)15-16(4)11(9)8-17/h5-6,8H2,1-4H3. The minimum atomic E-state index is -0.498. The molecule has 6 nitrogen and oxygen atoms in total. The van der Waals surface area contributed by atoms with Crippen LogP contribution in [0.1, 0.15) is 37.7 Å². The highest BCUT2D eigenvalue weighted by Gasteiger charge is 2.29. The van der Waals surface area contributed by atoms with Gasteiger partial charge in [0.05, 0.1) is 12.2 Å². The summed E-state index contributed by atoms with van der Waals surface area (Å²) < 4.78 is 7.03. The van der Waals surface area contributed by atoms with Crippen LogP contribution in [0.5, 0.6) is 0 Å². The van der Waals surface area contributed by atoms with Crippen LogP contribution in [0.25, 0.3) is 0 Å². The maximum atomic E-state index is 12.0. The van der Waals surface area contributed by atoms with E-state index in [1.807, 2.05) is 20.8 Å². The topological polar surface area (TPSA) is 71.2 Å². The lowest BCUT2D eigenvalue weighted by molar-refractivity contribution is 0.0219. The maximum absolute atomic E-state index is 12.0. The van der Waals surface area contributed by atoms with Crippen LogP contribution in [0.3, 0.4) is 0 Å². The van der Waals surface area contributed by atoms with Gasteiger partial charge in [0.1, 0.15) is 11.7 Å². The van der Waals surface area contributed by atoms with Crippen LogP contribution in [0.4, 0.5) is 4.79 Å². The Hall–Kier alpha value is -2.03. The van der Waals surface area contributed by atoms with Crippen molar-refractivity contribution in [3.8, 4) is 6.07 Å². The van der Waals surface area contributed by atoms with Gasteiger partial charge >= 0.3 is 6.09 Å². The van der Waals surface area contributed by atoms with E-state index in [4.69, 9.17) is 10.00 Å². The van der Waals surface area contributed by atoms with Crippen molar-refractivity contribution in [1.29, 1.82) is 5.26 Å². The minimum absolute atomic E-state index is 0.321. The second-order valence-electron chi connectivity index (χ2n) is 5.66. The van der Waals surface area contributed by atoms with E-state index >= 15 is 0 Å². The summed E-state index contributed by atoms with van der Waals surface area (Å²) in [6.45, 7) is 6.53. The van der Waals surface area contributed by atoms with Crippen LogP contribution in [0, 0.1) is 11.3 Å². The van der Waals surface area contributed by atoms with Crippen LogP contribution in [-0.2, 0) is 24.8 Å². The highest BCUT2D eigenvalue weighted by molar-refractivity contribution is 5.68. The van der Waals surface area contributed by atoms with Crippen LogP contribution < -0.4 is 0 Å². The third-order valence-electron chi connectivity index (χ3n) is 3.00. The van der Waals surface area contributed by atoms with Gasteiger partial charge in [-0.25, -0.2) is 4.79 Å². The number of carbonyl (C=O) groups is 1. The second-order valence-corrected chi connectivity index (χ2v) is 5.66. The van der Waals surface area contributed by atoms with Gasteiger partial charge in [-0.15, -0.1) is 0 Å². The fourth-order valence-electron chi connectivity index (χ4n) is 2.14. The number of aromatic nitrogens is 2. The van der Waals surface area contributed by atoms with Gasteiger partial charge in [-0.2, -0.15) is 10.4 Å². The fourth-order valence-corrected chi connectivity index (χ4v) is 2.14. The first-order chi connectivity index (χ1) is 8.81. The zero-order chi connectivity index (χ0) is 14.2. The molecular formula is C13H18N4O2. The van der Waals surface area contributed by atoms with E-state index in [0.717, 1.165) is 11.3 Å². The molecular weight excluding hydrogens is 244 g/mol. The number of nitrogens with zero attached hydrogens (tertiary/aromatic N) is 4. The lowest BCUT2D eigenvalue weighted by Gasteiger charge is -2.30. The van der Waals surface area contributed by atoms with Crippen molar-refractivity contribution in [2.45, 2.75) is 39.3 Å². The van der Waals surface area contributed by atoms with Crippen molar-refractivity contribution in [2.75, 3.05) is 6.54 Å². The van der Waals surface area contributed by atoms with Crippen molar-refractivity contribution in [3.63, 3.8) is 0 Å². The predicted octanol–water partition coefficient (Wildman–Crippen LogP) is 1.58. The summed E-state index contributed by atoms with van der Waals surface area (Å²) in [6.07, 6.45) is 0.323. The van der Waals surface area contributed by atoms with E-state index in [1.54, 1.807) is 16.6 Å². The number of amides is 1. The first-order valence-electron chi connectivity index (χ1n) is 6.24. The summed E-state index contributed by atoms with van der Waals surface area (Å²) in [5.74, 6) is 0. The molecule has 2 rings (SSSR count). The molecule has 0 unspecified atom stereocenters. The smallest absolute Gasteiger partial charge is 0.410 e. The number of fused-ring (bicyclic) bond motifs is 1. The molecule has 102 valence electrons. The first-order valence-corrected chi connectivity index (χ1v) is 6.24. The number of hydrogen-bond donors (Lipinski definition) is 0. The molecule has 0 saturated carbocycles. The maximum Gasteiger partial charge on any atom is 0.410 e. The third kappa shape index (κ3) is 2.70. The molecule has 0 fully saturated rings. The van der Waals surface area contributed by atoms with Gasteiger partial charge in [0.15, 0.2) is 5.69 Å². The monoisotopic (exact) mass is 262 g/mol. The Morgan fingerprint density at radius 1 is 1.47 bits per heavy atom. The number of hydrogen-bond acceptors (Lipinski definition) is 4. The summed E-state index contributed by atoms with van der Waals surface area (Å²) in [5, 5.41) is 13.2. The predicted molar refractivity (Wildman–Crippen MR) is 68.3 cm³/mol. The van der Waals surface area contributed by atoms with Gasteiger partial charge in [-0.05, 0) is 27.2 Å². The highest BCUT2D eigenvalue weighted by atomic mass is 16.6. The quantitative estimate of drug-likeness (QED) is 0.711. The van der Waals surface area contributed by atoms with Crippen LogP contribution >= 0.6 is 0 Å².